The first kappa shape index (κ1) is 21.5. The van der Waals surface area contributed by atoms with Gasteiger partial charge < -0.3 is 9.47 Å². The summed E-state index contributed by atoms with van der Waals surface area (Å²) in [5.74, 6) is 0.803. The molecule has 0 radical (unpaired) electrons. The van der Waals surface area contributed by atoms with E-state index >= 15 is 0 Å². The van der Waals surface area contributed by atoms with Gasteiger partial charge in [-0.15, -0.1) is 5.10 Å². The second-order valence-corrected chi connectivity index (χ2v) is 8.36. The summed E-state index contributed by atoms with van der Waals surface area (Å²) < 4.78 is 45.5. The van der Waals surface area contributed by atoms with Crippen molar-refractivity contribution in [3.8, 4) is 17.2 Å². The normalized spacial score (nSPS) is 11.5. The first-order chi connectivity index (χ1) is 15.3. The van der Waals surface area contributed by atoms with E-state index < -0.39 is 10.1 Å². The minimum Gasteiger partial charge on any atom is -0.493 e. The Morgan fingerprint density at radius 2 is 1.81 bits per heavy atom. The third-order valence-corrected chi connectivity index (χ3v) is 5.78. The van der Waals surface area contributed by atoms with Gasteiger partial charge in [0.2, 0.25) is 0 Å². The molecule has 32 heavy (non-hydrogen) atoms. The van der Waals surface area contributed by atoms with E-state index in [2.05, 4.69) is 10.3 Å². The Balaban J connectivity index is 1.62. The second kappa shape index (κ2) is 8.40. The summed E-state index contributed by atoms with van der Waals surface area (Å²) in [5.41, 5.74) is 1.63. The topological polar surface area (TPSA) is 121 Å². The van der Waals surface area contributed by atoms with Crippen LogP contribution in [0.25, 0.3) is 16.5 Å². The van der Waals surface area contributed by atoms with Crippen molar-refractivity contribution in [1.29, 1.82) is 0 Å². The van der Waals surface area contributed by atoms with E-state index in [1.165, 1.54) is 24.8 Å². The number of methoxy groups -OCH3 is 1. The summed E-state index contributed by atoms with van der Waals surface area (Å²) in [7, 11) is -2.89. The largest absolute Gasteiger partial charge is 0.493 e. The van der Waals surface area contributed by atoms with E-state index in [0.717, 1.165) is 0 Å². The van der Waals surface area contributed by atoms with E-state index in [-0.39, 0.29) is 17.3 Å². The van der Waals surface area contributed by atoms with Crippen molar-refractivity contribution in [2.75, 3.05) is 7.11 Å². The van der Waals surface area contributed by atoms with Crippen molar-refractivity contribution in [2.24, 2.45) is 0 Å². The first-order valence-corrected chi connectivity index (χ1v) is 10.9. The van der Waals surface area contributed by atoms with E-state index in [4.69, 9.17) is 9.47 Å². The number of nitrogens with zero attached hydrogens (tertiary/aromatic N) is 3. The van der Waals surface area contributed by atoms with Gasteiger partial charge in [-0.05, 0) is 37.3 Å². The van der Waals surface area contributed by atoms with Gasteiger partial charge in [-0.25, -0.2) is 4.68 Å². The standard InChI is InChI=1S/C22H19N3O6S/c1-14(26)15-9-10-20(21(11-15)30-2)31-13-16-12-25(24-23-16)19-7-3-6-18-17(19)5-4-8-22(18)32(27,28)29/h3-12H,13H2,1-2H3,(H,27,28,29). The number of Topliss-reactive ketones (excluding diaryl/α,β-unsaturated/α-hetero) is 1. The van der Waals surface area contributed by atoms with Gasteiger partial charge in [-0.3, -0.25) is 9.35 Å². The second-order valence-electron chi connectivity index (χ2n) is 6.97. The molecule has 0 bridgehead atoms. The Kier molecular flexibility index (Phi) is 5.64. The van der Waals surface area contributed by atoms with Crippen LogP contribution in [0.2, 0.25) is 0 Å². The van der Waals surface area contributed by atoms with E-state index in [9.17, 15) is 17.8 Å². The fraction of sp³-hybridized carbons (Fsp3) is 0.136. The van der Waals surface area contributed by atoms with Gasteiger partial charge in [0, 0.05) is 16.3 Å². The number of rotatable bonds is 7. The molecule has 0 unspecified atom stereocenters. The number of carbonyl (C=O) groups excluding carboxylic acids is 1. The molecule has 0 aliphatic rings. The third-order valence-electron chi connectivity index (χ3n) is 4.87. The SMILES string of the molecule is COc1cc(C(C)=O)ccc1OCc1cn(-c2cccc3c(S(=O)(=O)O)cccc23)nn1. The first-order valence-electron chi connectivity index (χ1n) is 9.50. The minimum atomic E-state index is -4.38. The zero-order chi connectivity index (χ0) is 22.9. The molecule has 9 nitrogen and oxygen atoms in total. The summed E-state index contributed by atoms with van der Waals surface area (Å²) >= 11 is 0. The summed E-state index contributed by atoms with van der Waals surface area (Å²) in [6, 6.07) is 14.6. The van der Waals surface area contributed by atoms with Crippen molar-refractivity contribution in [3.63, 3.8) is 0 Å². The van der Waals surface area contributed by atoms with Gasteiger partial charge >= 0.3 is 0 Å². The molecule has 0 aliphatic carbocycles. The number of carbonyl (C=O) groups is 1. The fourth-order valence-electron chi connectivity index (χ4n) is 3.33. The summed E-state index contributed by atoms with van der Waals surface area (Å²) in [5, 5.41) is 9.19. The maximum atomic E-state index is 11.7. The molecule has 1 aromatic heterocycles. The molecule has 1 heterocycles. The van der Waals surface area contributed by atoms with Crippen LogP contribution in [0.3, 0.4) is 0 Å². The van der Waals surface area contributed by atoms with Crippen LogP contribution in [0.5, 0.6) is 11.5 Å². The van der Waals surface area contributed by atoms with Crippen LogP contribution in [0.4, 0.5) is 0 Å². The number of hydrogen-bond acceptors (Lipinski definition) is 7. The van der Waals surface area contributed by atoms with E-state index in [0.29, 0.717) is 39.2 Å². The number of ketones is 1. The lowest BCUT2D eigenvalue weighted by molar-refractivity contribution is 0.101. The molecule has 0 fully saturated rings. The lowest BCUT2D eigenvalue weighted by Gasteiger charge is -2.10. The van der Waals surface area contributed by atoms with Crippen LogP contribution >= 0.6 is 0 Å². The molecular weight excluding hydrogens is 434 g/mol. The van der Waals surface area contributed by atoms with Gasteiger partial charge in [-0.1, -0.05) is 29.5 Å². The Hall–Kier alpha value is -3.76. The van der Waals surface area contributed by atoms with Crippen molar-refractivity contribution in [3.05, 3.63) is 72.1 Å². The molecule has 0 spiro atoms. The molecular formula is C22H19N3O6S. The highest BCUT2D eigenvalue weighted by Crippen LogP contribution is 2.30. The van der Waals surface area contributed by atoms with Crippen LogP contribution in [-0.2, 0) is 16.7 Å². The number of fused-ring (bicyclic) bond motifs is 1. The average Bonchev–Trinajstić information content (AvgIpc) is 3.24. The zero-order valence-electron chi connectivity index (χ0n) is 17.2. The van der Waals surface area contributed by atoms with Crippen molar-refractivity contribution in [2.45, 2.75) is 18.4 Å². The van der Waals surface area contributed by atoms with Gasteiger partial charge in [0.05, 0.1) is 19.0 Å². The predicted molar refractivity (Wildman–Crippen MR) is 116 cm³/mol. The van der Waals surface area contributed by atoms with Crippen LogP contribution in [0.1, 0.15) is 23.0 Å². The molecule has 0 atom stereocenters. The van der Waals surface area contributed by atoms with Crippen molar-refractivity contribution in [1.82, 2.24) is 15.0 Å². The molecule has 10 heteroatoms. The van der Waals surface area contributed by atoms with Crippen molar-refractivity contribution >= 4 is 26.7 Å². The monoisotopic (exact) mass is 453 g/mol. The van der Waals surface area contributed by atoms with Crippen LogP contribution in [-0.4, -0.2) is 40.9 Å². The van der Waals surface area contributed by atoms with Crippen LogP contribution in [0, 0.1) is 0 Å². The van der Waals surface area contributed by atoms with E-state index in [1.54, 1.807) is 54.7 Å². The maximum absolute atomic E-state index is 11.7. The molecule has 4 rings (SSSR count). The van der Waals surface area contributed by atoms with Crippen molar-refractivity contribution < 1.29 is 27.2 Å². The summed E-state index contributed by atoms with van der Waals surface area (Å²) in [6.45, 7) is 1.57. The molecule has 0 aliphatic heterocycles. The fourth-order valence-corrected chi connectivity index (χ4v) is 4.04. The average molecular weight is 453 g/mol. The number of ether oxygens (including phenoxy) is 2. The summed E-state index contributed by atoms with van der Waals surface area (Å²) in [4.78, 5) is 11.4. The van der Waals surface area contributed by atoms with Gasteiger partial charge in [0.25, 0.3) is 10.1 Å². The quantitative estimate of drug-likeness (QED) is 0.334. The lowest BCUT2D eigenvalue weighted by Crippen LogP contribution is -2.01. The van der Waals surface area contributed by atoms with Gasteiger partial charge in [-0.2, -0.15) is 8.42 Å². The highest BCUT2D eigenvalue weighted by molar-refractivity contribution is 7.86. The number of hydrogen-bond donors (Lipinski definition) is 1. The Morgan fingerprint density at radius 1 is 1.06 bits per heavy atom. The molecule has 164 valence electrons. The summed E-state index contributed by atoms with van der Waals surface area (Å²) in [6.07, 6.45) is 1.66. The lowest BCUT2D eigenvalue weighted by atomic mass is 10.1. The Morgan fingerprint density at radius 3 is 2.53 bits per heavy atom. The van der Waals surface area contributed by atoms with E-state index in [1.807, 2.05) is 0 Å². The number of benzene rings is 3. The zero-order valence-corrected chi connectivity index (χ0v) is 18.0. The number of aromatic nitrogens is 3. The molecule has 3 aromatic carbocycles. The maximum Gasteiger partial charge on any atom is 0.295 e. The Bertz CT molecular complexity index is 1430. The predicted octanol–water partition coefficient (Wildman–Crippen LogP) is 3.46. The smallest absolute Gasteiger partial charge is 0.295 e. The minimum absolute atomic E-state index is 0.0787. The third kappa shape index (κ3) is 4.18. The van der Waals surface area contributed by atoms with Crippen LogP contribution in [0.15, 0.2) is 65.7 Å². The molecule has 4 aromatic rings. The Labute approximate surface area is 183 Å². The molecule has 0 saturated carbocycles. The molecule has 0 saturated heterocycles. The van der Waals surface area contributed by atoms with Gasteiger partial charge in [0.1, 0.15) is 17.2 Å². The highest BCUT2D eigenvalue weighted by atomic mass is 32.2. The van der Waals surface area contributed by atoms with Gasteiger partial charge in [0.15, 0.2) is 17.3 Å². The molecule has 1 N–H and O–H groups in total. The molecule has 0 amide bonds. The van der Waals surface area contributed by atoms with Crippen LogP contribution < -0.4 is 9.47 Å². The highest BCUT2D eigenvalue weighted by Gasteiger charge is 2.16.